The number of nitrogens with zero attached hydrogens (tertiary/aromatic N) is 1. The van der Waals surface area contributed by atoms with E-state index >= 15 is 0 Å². The molecule has 0 aliphatic heterocycles. The summed E-state index contributed by atoms with van der Waals surface area (Å²) in [7, 11) is 0. The molecule has 0 saturated heterocycles. The Labute approximate surface area is 121 Å². The first kappa shape index (κ1) is 13.7. The number of halogens is 1. The van der Waals surface area contributed by atoms with E-state index in [1.807, 2.05) is 18.3 Å². The first-order valence-electron chi connectivity index (χ1n) is 6.16. The van der Waals surface area contributed by atoms with Gasteiger partial charge >= 0.3 is 0 Å². The summed E-state index contributed by atoms with van der Waals surface area (Å²) in [5, 5.41) is 4.56. The van der Waals surface area contributed by atoms with E-state index in [1.165, 1.54) is 4.88 Å². The Morgan fingerprint density at radius 2 is 2.17 bits per heavy atom. The maximum Gasteiger partial charge on any atom is 0.124 e. The predicted molar refractivity (Wildman–Crippen MR) is 82.0 cm³/mol. The molecule has 1 heterocycles. The fourth-order valence-corrected chi connectivity index (χ4v) is 3.29. The third kappa shape index (κ3) is 3.19. The van der Waals surface area contributed by atoms with E-state index in [4.69, 9.17) is 0 Å². The highest BCUT2D eigenvalue weighted by atomic mass is 79.9. The molecule has 0 fully saturated rings. The summed E-state index contributed by atoms with van der Waals surface area (Å²) in [6.07, 6.45) is 3.13. The highest BCUT2D eigenvalue weighted by molar-refractivity contribution is 9.10. The van der Waals surface area contributed by atoms with Crippen LogP contribution in [-0.4, -0.2) is 11.5 Å². The van der Waals surface area contributed by atoms with Gasteiger partial charge in [-0.2, -0.15) is 0 Å². The standard InChI is InChI=1S/C14H17BrN2S/c1-3-8-16-10(2)13-9-17-14(18-13)11-6-4-5-7-12(11)15/h4-7,9-10,16H,3,8H2,1-2H3. The molecule has 0 amide bonds. The van der Waals surface area contributed by atoms with Gasteiger partial charge in [0, 0.05) is 27.2 Å². The zero-order valence-electron chi connectivity index (χ0n) is 10.6. The Balaban J connectivity index is 2.18. The Hall–Kier alpha value is -0.710. The molecule has 1 aromatic heterocycles. The van der Waals surface area contributed by atoms with Gasteiger partial charge in [0.1, 0.15) is 5.01 Å². The van der Waals surface area contributed by atoms with Crippen LogP contribution in [0.2, 0.25) is 0 Å². The summed E-state index contributed by atoms with van der Waals surface area (Å²) < 4.78 is 1.10. The number of aromatic nitrogens is 1. The third-order valence-corrected chi connectivity index (χ3v) is 4.66. The van der Waals surface area contributed by atoms with Crippen LogP contribution < -0.4 is 5.32 Å². The third-order valence-electron chi connectivity index (χ3n) is 2.76. The summed E-state index contributed by atoms with van der Waals surface area (Å²) in [6, 6.07) is 8.58. The molecule has 0 spiro atoms. The minimum atomic E-state index is 0.374. The van der Waals surface area contributed by atoms with Crippen LogP contribution in [0.1, 0.15) is 31.2 Å². The second-order valence-electron chi connectivity index (χ2n) is 4.22. The monoisotopic (exact) mass is 324 g/mol. The van der Waals surface area contributed by atoms with Crippen molar-refractivity contribution >= 4 is 27.3 Å². The SMILES string of the molecule is CCCNC(C)c1cnc(-c2ccccc2Br)s1. The van der Waals surface area contributed by atoms with Gasteiger partial charge in [0.2, 0.25) is 0 Å². The second-order valence-corrected chi connectivity index (χ2v) is 6.14. The van der Waals surface area contributed by atoms with Crippen molar-refractivity contribution in [2.24, 2.45) is 0 Å². The minimum Gasteiger partial charge on any atom is -0.309 e. The fourth-order valence-electron chi connectivity index (χ4n) is 1.71. The van der Waals surface area contributed by atoms with E-state index in [0.29, 0.717) is 6.04 Å². The molecule has 0 bridgehead atoms. The molecule has 1 N–H and O–H groups in total. The Bertz CT molecular complexity index is 510. The van der Waals surface area contributed by atoms with Crippen LogP contribution in [0.4, 0.5) is 0 Å². The quantitative estimate of drug-likeness (QED) is 0.867. The second kappa shape index (κ2) is 6.45. The van der Waals surface area contributed by atoms with Crippen LogP contribution in [0.25, 0.3) is 10.6 Å². The highest BCUT2D eigenvalue weighted by Gasteiger charge is 2.11. The summed E-state index contributed by atoms with van der Waals surface area (Å²) in [6.45, 7) is 5.41. The van der Waals surface area contributed by atoms with Gasteiger partial charge in [-0.1, -0.05) is 41.1 Å². The molecule has 0 radical (unpaired) electrons. The van der Waals surface area contributed by atoms with Crippen molar-refractivity contribution in [3.05, 3.63) is 39.8 Å². The summed E-state index contributed by atoms with van der Waals surface area (Å²) >= 11 is 5.33. The number of thiazole rings is 1. The number of rotatable bonds is 5. The molecule has 1 aromatic carbocycles. The number of benzene rings is 1. The number of hydrogen-bond acceptors (Lipinski definition) is 3. The Kier molecular flexibility index (Phi) is 4.92. The van der Waals surface area contributed by atoms with E-state index in [1.54, 1.807) is 11.3 Å². The van der Waals surface area contributed by atoms with Crippen LogP contribution in [0, 0.1) is 0 Å². The van der Waals surface area contributed by atoms with Crippen molar-refractivity contribution in [2.75, 3.05) is 6.54 Å². The predicted octanol–water partition coefficient (Wildman–Crippen LogP) is 4.63. The van der Waals surface area contributed by atoms with E-state index in [-0.39, 0.29) is 0 Å². The van der Waals surface area contributed by atoms with Crippen LogP contribution in [0.15, 0.2) is 34.9 Å². The minimum absolute atomic E-state index is 0.374. The van der Waals surface area contributed by atoms with E-state index in [9.17, 15) is 0 Å². The summed E-state index contributed by atoms with van der Waals surface area (Å²) in [4.78, 5) is 5.81. The molecule has 2 rings (SSSR count). The molecule has 0 aliphatic rings. The maximum absolute atomic E-state index is 4.52. The Morgan fingerprint density at radius 1 is 1.39 bits per heavy atom. The van der Waals surface area contributed by atoms with E-state index in [0.717, 1.165) is 28.0 Å². The molecule has 96 valence electrons. The molecule has 18 heavy (non-hydrogen) atoms. The molecular formula is C14H17BrN2S. The van der Waals surface area contributed by atoms with Crippen molar-refractivity contribution in [3.8, 4) is 10.6 Å². The average molecular weight is 325 g/mol. The van der Waals surface area contributed by atoms with Gasteiger partial charge in [0.25, 0.3) is 0 Å². The zero-order valence-corrected chi connectivity index (χ0v) is 13.0. The fraction of sp³-hybridized carbons (Fsp3) is 0.357. The molecule has 0 saturated carbocycles. The van der Waals surface area contributed by atoms with Gasteiger partial charge in [-0.15, -0.1) is 11.3 Å². The summed E-state index contributed by atoms with van der Waals surface area (Å²) in [5.41, 5.74) is 1.16. The van der Waals surface area contributed by atoms with Crippen LogP contribution in [0.3, 0.4) is 0 Å². The molecule has 2 nitrogen and oxygen atoms in total. The zero-order chi connectivity index (χ0) is 13.0. The van der Waals surface area contributed by atoms with Gasteiger partial charge in [-0.25, -0.2) is 4.98 Å². The van der Waals surface area contributed by atoms with Gasteiger partial charge in [0.15, 0.2) is 0 Å². The number of nitrogens with one attached hydrogen (secondary N) is 1. The van der Waals surface area contributed by atoms with Crippen LogP contribution in [-0.2, 0) is 0 Å². The van der Waals surface area contributed by atoms with Gasteiger partial charge in [0.05, 0.1) is 0 Å². The van der Waals surface area contributed by atoms with Crippen LogP contribution >= 0.6 is 27.3 Å². The van der Waals surface area contributed by atoms with Crippen molar-refractivity contribution < 1.29 is 0 Å². The highest BCUT2D eigenvalue weighted by Crippen LogP contribution is 2.33. The molecule has 2 aromatic rings. The lowest BCUT2D eigenvalue weighted by Gasteiger charge is -2.09. The van der Waals surface area contributed by atoms with Crippen molar-refractivity contribution in [2.45, 2.75) is 26.3 Å². The topological polar surface area (TPSA) is 24.9 Å². The lowest BCUT2D eigenvalue weighted by molar-refractivity contribution is 0.577. The molecular weight excluding hydrogens is 308 g/mol. The molecule has 4 heteroatoms. The van der Waals surface area contributed by atoms with E-state index in [2.05, 4.69) is 52.2 Å². The molecule has 1 atom stereocenters. The lowest BCUT2D eigenvalue weighted by Crippen LogP contribution is -2.18. The summed E-state index contributed by atoms with van der Waals surface area (Å²) in [5.74, 6) is 0. The first-order valence-corrected chi connectivity index (χ1v) is 7.77. The largest absolute Gasteiger partial charge is 0.309 e. The Morgan fingerprint density at radius 3 is 2.89 bits per heavy atom. The van der Waals surface area contributed by atoms with Gasteiger partial charge in [-0.05, 0) is 26.0 Å². The maximum atomic E-state index is 4.52. The lowest BCUT2D eigenvalue weighted by atomic mass is 10.2. The van der Waals surface area contributed by atoms with Crippen molar-refractivity contribution in [3.63, 3.8) is 0 Å². The van der Waals surface area contributed by atoms with Crippen molar-refractivity contribution in [1.82, 2.24) is 10.3 Å². The normalized spacial score (nSPS) is 12.6. The van der Waals surface area contributed by atoms with Gasteiger partial charge < -0.3 is 5.32 Å². The van der Waals surface area contributed by atoms with Crippen LogP contribution in [0.5, 0.6) is 0 Å². The first-order chi connectivity index (χ1) is 8.72. The van der Waals surface area contributed by atoms with Gasteiger partial charge in [-0.3, -0.25) is 0 Å². The molecule has 0 aliphatic carbocycles. The average Bonchev–Trinajstić information content (AvgIpc) is 2.86. The molecule has 1 unspecified atom stereocenters. The smallest absolute Gasteiger partial charge is 0.124 e. The van der Waals surface area contributed by atoms with E-state index < -0.39 is 0 Å². The number of hydrogen-bond donors (Lipinski definition) is 1. The van der Waals surface area contributed by atoms with Crippen molar-refractivity contribution in [1.29, 1.82) is 0 Å².